The van der Waals surface area contributed by atoms with Gasteiger partial charge in [0.05, 0.1) is 5.52 Å². The molecule has 1 fully saturated rings. The number of fused-ring (bicyclic) bond motifs is 1. The second kappa shape index (κ2) is 5.54. The van der Waals surface area contributed by atoms with Gasteiger partial charge in [-0.3, -0.25) is 4.79 Å². The van der Waals surface area contributed by atoms with Gasteiger partial charge in [0.1, 0.15) is 0 Å². The number of likely N-dealkylation sites (N-methyl/N-ethyl adjacent to an activating group) is 1. The van der Waals surface area contributed by atoms with E-state index in [1.807, 2.05) is 35.2 Å². The van der Waals surface area contributed by atoms with E-state index in [1.165, 1.54) is 0 Å². The van der Waals surface area contributed by atoms with Crippen LogP contribution >= 0.6 is 0 Å². The summed E-state index contributed by atoms with van der Waals surface area (Å²) in [5, 5.41) is 9.14. The Kier molecular flexibility index (Phi) is 3.60. The Labute approximate surface area is 118 Å². The number of carbonyl (C=O) groups excluding carboxylic acids is 1. The molecule has 0 N–H and O–H groups in total. The Bertz CT molecular complexity index is 620. The molecule has 0 unspecified atom stereocenters. The Morgan fingerprint density at radius 3 is 2.65 bits per heavy atom. The van der Waals surface area contributed by atoms with Crippen LogP contribution in [0, 0.1) is 0 Å². The monoisotopic (exact) mass is 270 g/mol. The standard InChI is InChI=1S/C15H18N4O/c1-2-18-7-9-19(10-8-18)15(20)14-11-12-5-3-4-6-13(12)16-17-14/h3-6,11H,2,7-10H2,1H3. The van der Waals surface area contributed by atoms with Crippen molar-refractivity contribution < 1.29 is 4.79 Å². The minimum atomic E-state index is -0.0148. The molecule has 0 aliphatic carbocycles. The van der Waals surface area contributed by atoms with E-state index in [1.54, 1.807) is 0 Å². The van der Waals surface area contributed by atoms with Crippen LogP contribution in [-0.4, -0.2) is 58.6 Å². The number of rotatable bonds is 2. The van der Waals surface area contributed by atoms with E-state index in [0.717, 1.165) is 43.6 Å². The van der Waals surface area contributed by atoms with Gasteiger partial charge in [-0.2, -0.15) is 0 Å². The first-order valence-electron chi connectivity index (χ1n) is 7.02. The summed E-state index contributed by atoms with van der Waals surface area (Å²) in [4.78, 5) is 16.7. The molecule has 1 aliphatic rings. The third-order valence-corrected chi connectivity index (χ3v) is 3.82. The average molecular weight is 270 g/mol. The normalized spacial score (nSPS) is 16.6. The number of amides is 1. The summed E-state index contributed by atoms with van der Waals surface area (Å²) in [5.74, 6) is -0.0148. The lowest BCUT2D eigenvalue weighted by Crippen LogP contribution is -2.48. The molecule has 20 heavy (non-hydrogen) atoms. The third kappa shape index (κ3) is 2.49. The van der Waals surface area contributed by atoms with Gasteiger partial charge in [0.2, 0.25) is 0 Å². The molecule has 1 aromatic carbocycles. The highest BCUT2D eigenvalue weighted by Gasteiger charge is 2.22. The van der Waals surface area contributed by atoms with Gasteiger partial charge in [-0.05, 0) is 18.7 Å². The predicted molar refractivity (Wildman–Crippen MR) is 77.6 cm³/mol. The second-order valence-electron chi connectivity index (χ2n) is 5.01. The van der Waals surface area contributed by atoms with Crippen molar-refractivity contribution in [3.8, 4) is 0 Å². The summed E-state index contributed by atoms with van der Waals surface area (Å²) < 4.78 is 0. The predicted octanol–water partition coefficient (Wildman–Crippen LogP) is 1.41. The van der Waals surface area contributed by atoms with Crippen LogP contribution in [0.1, 0.15) is 17.4 Å². The zero-order valence-corrected chi connectivity index (χ0v) is 11.6. The van der Waals surface area contributed by atoms with E-state index in [0.29, 0.717) is 5.69 Å². The number of hydrogen-bond donors (Lipinski definition) is 0. The van der Waals surface area contributed by atoms with Gasteiger partial charge >= 0.3 is 0 Å². The van der Waals surface area contributed by atoms with Gasteiger partial charge in [0, 0.05) is 31.6 Å². The Hall–Kier alpha value is -2.01. The van der Waals surface area contributed by atoms with Gasteiger partial charge < -0.3 is 9.80 Å². The van der Waals surface area contributed by atoms with Crippen LogP contribution in [0.4, 0.5) is 0 Å². The number of carbonyl (C=O) groups is 1. The lowest BCUT2D eigenvalue weighted by Gasteiger charge is -2.33. The summed E-state index contributed by atoms with van der Waals surface area (Å²) >= 11 is 0. The maximum Gasteiger partial charge on any atom is 0.274 e. The Morgan fingerprint density at radius 1 is 1.15 bits per heavy atom. The third-order valence-electron chi connectivity index (χ3n) is 3.82. The van der Waals surface area contributed by atoms with Crippen molar-refractivity contribution in [3.05, 3.63) is 36.0 Å². The fourth-order valence-corrected chi connectivity index (χ4v) is 2.52. The number of hydrogen-bond acceptors (Lipinski definition) is 4. The van der Waals surface area contributed by atoms with E-state index in [4.69, 9.17) is 0 Å². The minimum absolute atomic E-state index is 0.0148. The van der Waals surface area contributed by atoms with Crippen LogP contribution in [-0.2, 0) is 0 Å². The molecule has 5 nitrogen and oxygen atoms in total. The maximum atomic E-state index is 12.4. The molecule has 1 amide bonds. The fourth-order valence-electron chi connectivity index (χ4n) is 2.52. The molecule has 1 aromatic heterocycles. The Balaban J connectivity index is 1.79. The molecule has 0 spiro atoms. The van der Waals surface area contributed by atoms with Crippen LogP contribution < -0.4 is 0 Å². The number of piperazine rings is 1. The molecular weight excluding hydrogens is 252 g/mol. The largest absolute Gasteiger partial charge is 0.335 e. The highest BCUT2D eigenvalue weighted by molar-refractivity contribution is 5.95. The van der Waals surface area contributed by atoms with Crippen LogP contribution in [0.15, 0.2) is 30.3 Å². The van der Waals surface area contributed by atoms with Crippen LogP contribution in [0.5, 0.6) is 0 Å². The first-order chi connectivity index (χ1) is 9.78. The Morgan fingerprint density at radius 2 is 1.90 bits per heavy atom. The summed E-state index contributed by atoms with van der Waals surface area (Å²) in [5.41, 5.74) is 1.26. The highest BCUT2D eigenvalue weighted by Crippen LogP contribution is 2.13. The molecule has 0 saturated carbocycles. The average Bonchev–Trinajstić information content (AvgIpc) is 2.54. The van der Waals surface area contributed by atoms with E-state index in [2.05, 4.69) is 22.0 Å². The highest BCUT2D eigenvalue weighted by atomic mass is 16.2. The number of nitrogens with zero attached hydrogens (tertiary/aromatic N) is 4. The van der Waals surface area contributed by atoms with Crippen molar-refractivity contribution in [3.63, 3.8) is 0 Å². The summed E-state index contributed by atoms with van der Waals surface area (Å²) in [7, 11) is 0. The number of aromatic nitrogens is 2. The van der Waals surface area contributed by atoms with E-state index >= 15 is 0 Å². The van der Waals surface area contributed by atoms with Crippen molar-refractivity contribution in [1.82, 2.24) is 20.0 Å². The molecule has 0 bridgehead atoms. The van der Waals surface area contributed by atoms with Crippen molar-refractivity contribution >= 4 is 16.8 Å². The first kappa shape index (κ1) is 13.0. The molecule has 1 saturated heterocycles. The van der Waals surface area contributed by atoms with E-state index in [-0.39, 0.29) is 5.91 Å². The SMILES string of the molecule is CCN1CCN(C(=O)c2cc3ccccc3nn2)CC1. The molecular formula is C15H18N4O. The molecule has 0 atom stereocenters. The molecule has 2 heterocycles. The zero-order chi connectivity index (χ0) is 13.9. The molecule has 2 aromatic rings. The molecule has 0 radical (unpaired) electrons. The van der Waals surface area contributed by atoms with Crippen molar-refractivity contribution in [1.29, 1.82) is 0 Å². The smallest absolute Gasteiger partial charge is 0.274 e. The van der Waals surface area contributed by atoms with Gasteiger partial charge in [-0.15, -0.1) is 10.2 Å². The molecule has 1 aliphatic heterocycles. The van der Waals surface area contributed by atoms with Gasteiger partial charge in [-0.25, -0.2) is 0 Å². The first-order valence-corrected chi connectivity index (χ1v) is 7.02. The summed E-state index contributed by atoms with van der Waals surface area (Å²) in [6.45, 7) is 6.58. The molecule has 3 rings (SSSR count). The lowest BCUT2D eigenvalue weighted by molar-refractivity contribution is 0.0636. The zero-order valence-electron chi connectivity index (χ0n) is 11.6. The summed E-state index contributed by atoms with van der Waals surface area (Å²) in [6.07, 6.45) is 0. The van der Waals surface area contributed by atoms with Crippen LogP contribution in [0.25, 0.3) is 10.9 Å². The molecule has 104 valence electrons. The van der Waals surface area contributed by atoms with Crippen molar-refractivity contribution in [2.75, 3.05) is 32.7 Å². The van der Waals surface area contributed by atoms with Crippen LogP contribution in [0.2, 0.25) is 0 Å². The van der Waals surface area contributed by atoms with Gasteiger partial charge in [-0.1, -0.05) is 25.1 Å². The van der Waals surface area contributed by atoms with Gasteiger partial charge in [0.15, 0.2) is 5.69 Å². The second-order valence-corrected chi connectivity index (χ2v) is 5.01. The fraction of sp³-hybridized carbons (Fsp3) is 0.400. The lowest BCUT2D eigenvalue weighted by atomic mass is 10.2. The molecule has 5 heteroatoms. The maximum absolute atomic E-state index is 12.4. The number of benzene rings is 1. The van der Waals surface area contributed by atoms with Crippen LogP contribution in [0.3, 0.4) is 0 Å². The summed E-state index contributed by atoms with van der Waals surface area (Å²) in [6, 6.07) is 9.55. The quantitative estimate of drug-likeness (QED) is 0.828. The minimum Gasteiger partial charge on any atom is -0.335 e. The van der Waals surface area contributed by atoms with E-state index in [9.17, 15) is 4.79 Å². The topological polar surface area (TPSA) is 49.3 Å². The van der Waals surface area contributed by atoms with E-state index < -0.39 is 0 Å². The van der Waals surface area contributed by atoms with Gasteiger partial charge in [0.25, 0.3) is 5.91 Å². The van der Waals surface area contributed by atoms with Crippen molar-refractivity contribution in [2.24, 2.45) is 0 Å². The van der Waals surface area contributed by atoms with Crippen molar-refractivity contribution in [2.45, 2.75) is 6.92 Å².